The zero-order chi connectivity index (χ0) is 17.1. The van der Waals surface area contributed by atoms with Crippen molar-refractivity contribution < 1.29 is 14.3 Å². The summed E-state index contributed by atoms with van der Waals surface area (Å²) in [6.07, 6.45) is 0.119. The Kier molecular flexibility index (Phi) is 4.42. The fraction of sp³-hybridized carbons (Fsp3) is 0.211. The van der Waals surface area contributed by atoms with Gasteiger partial charge in [-0.15, -0.1) is 0 Å². The molecule has 0 saturated carbocycles. The van der Waals surface area contributed by atoms with Crippen LogP contribution in [0.5, 0.6) is 11.5 Å². The standard InChI is InChI=1S/C19H20N2O3/c1-12(2)24-15-6-4-14(5-7-15)20-19(22)18-11-13-10-16(23-3)8-9-17(13)21-18/h4-12,21H,1-3H3,(H,20,22). The minimum atomic E-state index is -0.192. The number of H-pyrrole nitrogens is 1. The molecular formula is C19H20N2O3. The van der Waals surface area contributed by atoms with Gasteiger partial charge >= 0.3 is 0 Å². The third-order valence-electron chi connectivity index (χ3n) is 3.56. The van der Waals surface area contributed by atoms with E-state index in [-0.39, 0.29) is 12.0 Å². The first-order chi connectivity index (χ1) is 11.5. The van der Waals surface area contributed by atoms with Gasteiger partial charge in [0.25, 0.3) is 5.91 Å². The van der Waals surface area contributed by atoms with Crippen LogP contribution in [0.25, 0.3) is 10.9 Å². The van der Waals surface area contributed by atoms with Crippen LogP contribution in [-0.2, 0) is 0 Å². The number of hydrogen-bond donors (Lipinski definition) is 2. The van der Waals surface area contributed by atoms with Gasteiger partial charge in [0, 0.05) is 16.6 Å². The lowest BCUT2D eigenvalue weighted by Crippen LogP contribution is -2.12. The summed E-state index contributed by atoms with van der Waals surface area (Å²) in [5.74, 6) is 1.35. The molecule has 24 heavy (non-hydrogen) atoms. The van der Waals surface area contributed by atoms with Crippen LogP contribution in [0.1, 0.15) is 24.3 Å². The minimum Gasteiger partial charge on any atom is -0.497 e. The Morgan fingerprint density at radius 3 is 2.42 bits per heavy atom. The van der Waals surface area contributed by atoms with E-state index in [0.29, 0.717) is 11.4 Å². The molecular weight excluding hydrogens is 304 g/mol. The van der Waals surface area contributed by atoms with E-state index in [1.807, 2.05) is 62.4 Å². The summed E-state index contributed by atoms with van der Waals surface area (Å²) in [5, 5.41) is 3.80. The summed E-state index contributed by atoms with van der Waals surface area (Å²) in [7, 11) is 1.62. The molecule has 5 nitrogen and oxygen atoms in total. The fourth-order valence-corrected chi connectivity index (χ4v) is 2.45. The van der Waals surface area contributed by atoms with Crippen LogP contribution in [0.2, 0.25) is 0 Å². The van der Waals surface area contributed by atoms with Crippen LogP contribution in [0.15, 0.2) is 48.5 Å². The fourth-order valence-electron chi connectivity index (χ4n) is 2.45. The number of fused-ring (bicyclic) bond motifs is 1. The van der Waals surface area contributed by atoms with Gasteiger partial charge in [0.15, 0.2) is 0 Å². The summed E-state index contributed by atoms with van der Waals surface area (Å²) in [5.41, 5.74) is 2.11. The summed E-state index contributed by atoms with van der Waals surface area (Å²) >= 11 is 0. The maximum Gasteiger partial charge on any atom is 0.272 e. The third-order valence-corrected chi connectivity index (χ3v) is 3.56. The third kappa shape index (κ3) is 3.51. The molecule has 5 heteroatoms. The number of methoxy groups -OCH3 is 1. The van der Waals surface area contributed by atoms with Crippen LogP contribution in [0.3, 0.4) is 0 Å². The molecule has 0 bridgehead atoms. The SMILES string of the molecule is COc1ccc2[nH]c(C(=O)Nc3ccc(OC(C)C)cc3)cc2c1. The van der Waals surface area contributed by atoms with Crippen molar-refractivity contribution in [3.63, 3.8) is 0 Å². The maximum absolute atomic E-state index is 12.4. The van der Waals surface area contributed by atoms with E-state index in [0.717, 1.165) is 22.4 Å². The zero-order valence-electron chi connectivity index (χ0n) is 13.9. The Labute approximate surface area is 140 Å². The number of aromatic nitrogens is 1. The number of benzene rings is 2. The highest BCUT2D eigenvalue weighted by Gasteiger charge is 2.10. The smallest absolute Gasteiger partial charge is 0.272 e. The van der Waals surface area contributed by atoms with Gasteiger partial charge in [-0.05, 0) is 62.4 Å². The average molecular weight is 324 g/mol. The van der Waals surface area contributed by atoms with E-state index in [1.54, 1.807) is 7.11 Å². The van der Waals surface area contributed by atoms with E-state index in [2.05, 4.69) is 10.3 Å². The van der Waals surface area contributed by atoms with Gasteiger partial charge in [0.05, 0.1) is 13.2 Å². The molecule has 0 saturated heterocycles. The Morgan fingerprint density at radius 2 is 1.75 bits per heavy atom. The van der Waals surface area contributed by atoms with E-state index in [1.165, 1.54) is 0 Å². The molecule has 0 aliphatic rings. The highest BCUT2D eigenvalue weighted by Crippen LogP contribution is 2.22. The van der Waals surface area contributed by atoms with Crippen molar-refractivity contribution in [2.24, 2.45) is 0 Å². The Morgan fingerprint density at radius 1 is 1.04 bits per heavy atom. The zero-order valence-corrected chi connectivity index (χ0v) is 13.9. The second-order valence-electron chi connectivity index (χ2n) is 5.78. The Bertz CT molecular complexity index is 851. The monoisotopic (exact) mass is 324 g/mol. The minimum absolute atomic E-state index is 0.119. The number of anilines is 1. The molecule has 1 heterocycles. The summed E-state index contributed by atoms with van der Waals surface area (Å²) < 4.78 is 10.8. The molecule has 0 aliphatic heterocycles. The second kappa shape index (κ2) is 6.66. The van der Waals surface area contributed by atoms with Crippen LogP contribution in [-0.4, -0.2) is 24.1 Å². The Hall–Kier alpha value is -2.95. The number of nitrogens with one attached hydrogen (secondary N) is 2. The quantitative estimate of drug-likeness (QED) is 0.739. The number of carbonyl (C=O) groups is 1. The van der Waals surface area contributed by atoms with Crippen LogP contribution in [0.4, 0.5) is 5.69 Å². The molecule has 1 amide bonds. The van der Waals surface area contributed by atoms with Crippen molar-refractivity contribution in [3.05, 3.63) is 54.2 Å². The molecule has 1 aromatic heterocycles. The van der Waals surface area contributed by atoms with Crippen LogP contribution >= 0.6 is 0 Å². The van der Waals surface area contributed by atoms with E-state index >= 15 is 0 Å². The predicted octanol–water partition coefficient (Wildman–Crippen LogP) is 4.22. The molecule has 0 spiro atoms. The largest absolute Gasteiger partial charge is 0.497 e. The molecule has 0 aliphatic carbocycles. The van der Waals surface area contributed by atoms with Gasteiger partial charge < -0.3 is 19.8 Å². The molecule has 0 atom stereocenters. The first kappa shape index (κ1) is 15.9. The van der Waals surface area contributed by atoms with Gasteiger partial charge in [-0.2, -0.15) is 0 Å². The molecule has 3 aromatic rings. The van der Waals surface area contributed by atoms with Gasteiger partial charge in [-0.1, -0.05) is 0 Å². The normalized spacial score (nSPS) is 10.8. The van der Waals surface area contributed by atoms with Gasteiger partial charge in [-0.25, -0.2) is 0 Å². The summed E-state index contributed by atoms with van der Waals surface area (Å²) in [4.78, 5) is 15.5. The molecule has 3 rings (SSSR count). The highest BCUT2D eigenvalue weighted by atomic mass is 16.5. The lowest BCUT2D eigenvalue weighted by molar-refractivity contribution is 0.102. The first-order valence-corrected chi connectivity index (χ1v) is 7.80. The van der Waals surface area contributed by atoms with E-state index < -0.39 is 0 Å². The number of rotatable bonds is 5. The van der Waals surface area contributed by atoms with Crippen molar-refractivity contribution in [3.8, 4) is 11.5 Å². The van der Waals surface area contributed by atoms with Gasteiger partial charge in [0.1, 0.15) is 17.2 Å². The second-order valence-corrected chi connectivity index (χ2v) is 5.78. The van der Waals surface area contributed by atoms with Crippen molar-refractivity contribution in [1.29, 1.82) is 0 Å². The van der Waals surface area contributed by atoms with Gasteiger partial charge in [-0.3, -0.25) is 4.79 Å². The van der Waals surface area contributed by atoms with Crippen LogP contribution < -0.4 is 14.8 Å². The molecule has 124 valence electrons. The van der Waals surface area contributed by atoms with Crippen LogP contribution in [0, 0.1) is 0 Å². The summed E-state index contributed by atoms with van der Waals surface area (Å²) in [6.45, 7) is 3.95. The Balaban J connectivity index is 1.74. The number of hydrogen-bond acceptors (Lipinski definition) is 3. The molecule has 0 fully saturated rings. The topological polar surface area (TPSA) is 63.4 Å². The molecule has 2 N–H and O–H groups in total. The molecule has 0 radical (unpaired) electrons. The average Bonchev–Trinajstić information content (AvgIpc) is 2.99. The number of ether oxygens (including phenoxy) is 2. The predicted molar refractivity (Wildman–Crippen MR) is 95.0 cm³/mol. The van der Waals surface area contributed by atoms with Crippen molar-refractivity contribution >= 4 is 22.5 Å². The van der Waals surface area contributed by atoms with E-state index in [4.69, 9.17) is 9.47 Å². The number of amides is 1. The maximum atomic E-state index is 12.4. The summed E-state index contributed by atoms with van der Waals surface area (Å²) in [6, 6.07) is 14.8. The van der Waals surface area contributed by atoms with Gasteiger partial charge in [0.2, 0.25) is 0 Å². The van der Waals surface area contributed by atoms with Crippen molar-refractivity contribution in [2.75, 3.05) is 12.4 Å². The highest BCUT2D eigenvalue weighted by molar-refractivity contribution is 6.06. The van der Waals surface area contributed by atoms with Crippen molar-refractivity contribution in [2.45, 2.75) is 20.0 Å². The first-order valence-electron chi connectivity index (χ1n) is 7.80. The molecule has 2 aromatic carbocycles. The lowest BCUT2D eigenvalue weighted by Gasteiger charge is -2.10. The molecule has 0 unspecified atom stereocenters. The number of carbonyl (C=O) groups excluding carboxylic acids is 1. The lowest BCUT2D eigenvalue weighted by atomic mass is 10.2. The number of aromatic amines is 1. The van der Waals surface area contributed by atoms with Crippen molar-refractivity contribution in [1.82, 2.24) is 4.98 Å². The van der Waals surface area contributed by atoms with E-state index in [9.17, 15) is 4.79 Å².